The monoisotopic (exact) mass is 335 g/mol. The van der Waals surface area contributed by atoms with Gasteiger partial charge in [-0.3, -0.25) is 9.59 Å². The lowest BCUT2D eigenvalue weighted by molar-refractivity contribution is -0.123. The number of rotatable bonds is 2. The van der Waals surface area contributed by atoms with E-state index in [-0.39, 0.29) is 11.8 Å². The van der Waals surface area contributed by atoms with E-state index in [0.717, 1.165) is 56.0 Å². The van der Waals surface area contributed by atoms with Crippen LogP contribution in [0.25, 0.3) is 0 Å². The molecule has 1 aliphatic heterocycles. The zero-order valence-electron chi connectivity index (χ0n) is 14.1. The summed E-state index contributed by atoms with van der Waals surface area (Å²) in [7, 11) is 0. The first kappa shape index (κ1) is 16.5. The number of amides is 2. The van der Waals surface area contributed by atoms with Crippen LogP contribution in [0.2, 0.25) is 0 Å². The molecule has 1 aromatic heterocycles. The van der Waals surface area contributed by atoms with Gasteiger partial charge in [-0.05, 0) is 24.8 Å². The van der Waals surface area contributed by atoms with Gasteiger partial charge in [0.05, 0.1) is 5.56 Å². The maximum Gasteiger partial charge on any atom is 0.257 e. The van der Waals surface area contributed by atoms with Gasteiger partial charge in [0.1, 0.15) is 5.00 Å². The highest BCUT2D eigenvalue weighted by Crippen LogP contribution is 2.40. The van der Waals surface area contributed by atoms with E-state index in [1.165, 1.54) is 10.4 Å². The highest BCUT2D eigenvalue weighted by atomic mass is 32.1. The van der Waals surface area contributed by atoms with Crippen molar-refractivity contribution in [1.29, 1.82) is 0 Å². The van der Waals surface area contributed by atoms with Crippen LogP contribution >= 0.6 is 11.3 Å². The molecule has 1 saturated heterocycles. The van der Waals surface area contributed by atoms with E-state index < -0.39 is 5.41 Å². The van der Waals surface area contributed by atoms with Crippen molar-refractivity contribution in [1.82, 2.24) is 10.2 Å². The molecule has 2 heterocycles. The minimum absolute atomic E-state index is 0.0354. The van der Waals surface area contributed by atoms with Crippen LogP contribution in [0, 0.1) is 5.41 Å². The Labute approximate surface area is 141 Å². The summed E-state index contributed by atoms with van der Waals surface area (Å²) in [5.41, 5.74) is 1.45. The van der Waals surface area contributed by atoms with Gasteiger partial charge in [0.25, 0.3) is 5.91 Å². The topological polar surface area (TPSA) is 61.4 Å². The maximum atomic E-state index is 13.0. The standard InChI is InChI=1S/C17H25N3O2S/c1-17(2,3)16(22)19-14-13(11-5-4-6-12(11)23-14)15(21)20-9-7-18-8-10-20/h18H,4-10H2,1-3H3,(H,19,22). The van der Waals surface area contributed by atoms with Gasteiger partial charge in [0.15, 0.2) is 0 Å². The van der Waals surface area contributed by atoms with Crippen molar-refractivity contribution in [2.75, 3.05) is 31.5 Å². The number of nitrogens with one attached hydrogen (secondary N) is 2. The molecule has 5 nitrogen and oxygen atoms in total. The Morgan fingerprint density at radius 1 is 1.17 bits per heavy atom. The molecular formula is C17H25N3O2S. The minimum Gasteiger partial charge on any atom is -0.336 e. The molecule has 0 atom stereocenters. The Hall–Kier alpha value is -1.40. The molecule has 1 aliphatic carbocycles. The van der Waals surface area contributed by atoms with Gasteiger partial charge in [-0.1, -0.05) is 20.8 Å². The number of thiophene rings is 1. The van der Waals surface area contributed by atoms with Crippen LogP contribution in [0.5, 0.6) is 0 Å². The van der Waals surface area contributed by atoms with Crippen LogP contribution in [-0.2, 0) is 17.6 Å². The summed E-state index contributed by atoms with van der Waals surface area (Å²) in [6, 6.07) is 0. The third-order valence-electron chi connectivity index (χ3n) is 4.45. The van der Waals surface area contributed by atoms with Crippen molar-refractivity contribution in [3.63, 3.8) is 0 Å². The van der Waals surface area contributed by atoms with Crippen molar-refractivity contribution in [2.24, 2.45) is 5.41 Å². The highest BCUT2D eigenvalue weighted by Gasteiger charge is 2.32. The van der Waals surface area contributed by atoms with Gasteiger partial charge in [-0.15, -0.1) is 11.3 Å². The summed E-state index contributed by atoms with van der Waals surface area (Å²) in [6.45, 7) is 8.81. The summed E-state index contributed by atoms with van der Waals surface area (Å²) in [5, 5.41) is 7.04. The number of anilines is 1. The van der Waals surface area contributed by atoms with Crippen LogP contribution in [-0.4, -0.2) is 42.9 Å². The average Bonchev–Trinajstić information content (AvgIpc) is 3.07. The summed E-state index contributed by atoms with van der Waals surface area (Å²) < 4.78 is 0. The summed E-state index contributed by atoms with van der Waals surface area (Å²) in [5.74, 6) is 0.0434. The molecular weight excluding hydrogens is 310 g/mol. The smallest absolute Gasteiger partial charge is 0.257 e. The molecule has 2 amide bonds. The number of carbonyl (C=O) groups is 2. The average molecular weight is 335 g/mol. The van der Waals surface area contributed by atoms with E-state index in [1.807, 2.05) is 25.7 Å². The number of aryl methyl sites for hydroxylation is 1. The quantitative estimate of drug-likeness (QED) is 0.871. The third kappa shape index (κ3) is 3.28. The van der Waals surface area contributed by atoms with Gasteiger partial charge in [-0.25, -0.2) is 0 Å². The van der Waals surface area contributed by atoms with Crippen LogP contribution in [0.3, 0.4) is 0 Å². The molecule has 0 spiro atoms. The third-order valence-corrected chi connectivity index (χ3v) is 5.65. The van der Waals surface area contributed by atoms with Crippen LogP contribution in [0.15, 0.2) is 0 Å². The van der Waals surface area contributed by atoms with Crippen molar-refractivity contribution < 1.29 is 9.59 Å². The first-order valence-electron chi connectivity index (χ1n) is 8.34. The van der Waals surface area contributed by atoms with E-state index in [1.54, 1.807) is 11.3 Å². The molecule has 0 unspecified atom stereocenters. The molecule has 6 heteroatoms. The molecule has 1 fully saturated rings. The lowest BCUT2D eigenvalue weighted by Gasteiger charge is -2.28. The lowest BCUT2D eigenvalue weighted by Crippen LogP contribution is -2.46. The summed E-state index contributed by atoms with van der Waals surface area (Å²) in [4.78, 5) is 28.6. The van der Waals surface area contributed by atoms with Crippen LogP contribution in [0.4, 0.5) is 5.00 Å². The number of carbonyl (C=O) groups excluding carboxylic acids is 2. The second kappa shape index (κ2) is 6.24. The molecule has 0 radical (unpaired) electrons. The molecule has 2 aliphatic rings. The first-order valence-corrected chi connectivity index (χ1v) is 9.15. The molecule has 2 N–H and O–H groups in total. The minimum atomic E-state index is -0.468. The van der Waals surface area contributed by atoms with E-state index in [2.05, 4.69) is 10.6 Å². The summed E-state index contributed by atoms with van der Waals surface area (Å²) in [6.07, 6.45) is 3.08. The molecule has 0 saturated carbocycles. The Morgan fingerprint density at radius 3 is 2.52 bits per heavy atom. The van der Waals surface area contributed by atoms with Crippen molar-refractivity contribution in [3.05, 3.63) is 16.0 Å². The normalized spacial score (nSPS) is 18.0. The van der Waals surface area contributed by atoms with Gasteiger partial charge < -0.3 is 15.5 Å². The Balaban J connectivity index is 1.91. The SMILES string of the molecule is CC(C)(C)C(=O)Nc1sc2c(c1C(=O)N1CCNCC1)CCC2. The van der Waals surface area contributed by atoms with E-state index in [4.69, 9.17) is 0 Å². The molecule has 23 heavy (non-hydrogen) atoms. The van der Waals surface area contributed by atoms with Crippen molar-refractivity contribution >= 4 is 28.2 Å². The van der Waals surface area contributed by atoms with Crippen molar-refractivity contribution in [2.45, 2.75) is 40.0 Å². The largest absolute Gasteiger partial charge is 0.336 e. The Bertz CT molecular complexity index is 625. The number of nitrogens with zero attached hydrogens (tertiary/aromatic N) is 1. The van der Waals surface area contributed by atoms with Gasteiger partial charge in [0.2, 0.25) is 5.91 Å². The number of hydrogen-bond acceptors (Lipinski definition) is 4. The number of hydrogen-bond donors (Lipinski definition) is 2. The van der Waals surface area contributed by atoms with Crippen LogP contribution in [0.1, 0.15) is 48.0 Å². The van der Waals surface area contributed by atoms with Gasteiger partial charge in [0, 0.05) is 36.5 Å². The fraction of sp³-hybridized carbons (Fsp3) is 0.647. The molecule has 126 valence electrons. The highest BCUT2D eigenvalue weighted by molar-refractivity contribution is 7.17. The molecule has 3 rings (SSSR count). The van der Waals surface area contributed by atoms with E-state index >= 15 is 0 Å². The molecule has 0 bridgehead atoms. The Kier molecular flexibility index (Phi) is 4.47. The second-order valence-electron chi connectivity index (χ2n) is 7.31. The molecule has 1 aromatic rings. The molecule has 0 aromatic carbocycles. The zero-order chi connectivity index (χ0) is 16.6. The van der Waals surface area contributed by atoms with Gasteiger partial charge in [-0.2, -0.15) is 0 Å². The van der Waals surface area contributed by atoms with E-state index in [0.29, 0.717) is 0 Å². The van der Waals surface area contributed by atoms with Crippen molar-refractivity contribution in [3.8, 4) is 0 Å². The van der Waals surface area contributed by atoms with E-state index in [9.17, 15) is 9.59 Å². The maximum absolute atomic E-state index is 13.0. The second-order valence-corrected chi connectivity index (χ2v) is 8.41. The predicted octanol–water partition coefficient (Wildman–Crippen LogP) is 2.27. The number of fused-ring (bicyclic) bond motifs is 1. The number of piperazine rings is 1. The predicted molar refractivity (Wildman–Crippen MR) is 93.2 cm³/mol. The Morgan fingerprint density at radius 2 is 1.87 bits per heavy atom. The summed E-state index contributed by atoms with van der Waals surface area (Å²) >= 11 is 1.59. The van der Waals surface area contributed by atoms with Crippen LogP contribution < -0.4 is 10.6 Å². The van der Waals surface area contributed by atoms with Gasteiger partial charge >= 0.3 is 0 Å². The fourth-order valence-corrected chi connectivity index (χ4v) is 4.31. The first-order chi connectivity index (χ1) is 10.9. The fourth-order valence-electron chi connectivity index (χ4n) is 3.04. The zero-order valence-corrected chi connectivity index (χ0v) is 14.9. The lowest BCUT2D eigenvalue weighted by atomic mass is 9.95.